The number of aliphatic hydroxyl groups excluding tert-OH is 1. The van der Waals surface area contributed by atoms with E-state index in [2.05, 4.69) is 6.92 Å². The molecule has 0 aromatic rings. The molecule has 0 saturated heterocycles. The Morgan fingerprint density at radius 3 is 1.60 bits per heavy atom. The topological polar surface area (TPSA) is 94.8 Å². The van der Waals surface area contributed by atoms with E-state index < -0.39 is 10.4 Å². The molecule has 90 valence electrons. The minimum absolute atomic E-state index is 0. The van der Waals surface area contributed by atoms with Crippen LogP contribution in [-0.2, 0) is 10.4 Å². The van der Waals surface area contributed by atoms with Gasteiger partial charge in [-0.05, 0) is 6.42 Å². The van der Waals surface area contributed by atoms with Crippen LogP contribution in [0.1, 0.15) is 45.4 Å². The van der Waals surface area contributed by atoms with Crippen molar-refractivity contribution in [1.82, 2.24) is 0 Å². The molecular weight excluding hydrogens is 247 g/mol. The van der Waals surface area contributed by atoms with E-state index in [1.165, 1.54) is 32.1 Å². The molecule has 0 aromatic carbocycles. The molecule has 0 radical (unpaired) electrons. The first-order chi connectivity index (χ1) is 6.41. The molecule has 0 bridgehead atoms. The summed E-state index contributed by atoms with van der Waals surface area (Å²) in [7, 11) is -4.67. The Bertz CT molecular complexity index is 179. The molecule has 3 N–H and O–H groups in total. The number of rotatable bonds is 6. The molecule has 0 aliphatic heterocycles. The van der Waals surface area contributed by atoms with Crippen LogP contribution in [0.4, 0.5) is 0 Å². The first-order valence-corrected chi connectivity index (χ1v) is 6.12. The average molecular weight is 268 g/mol. The summed E-state index contributed by atoms with van der Waals surface area (Å²) in [6.45, 7) is 2.58. The van der Waals surface area contributed by atoms with Crippen LogP contribution in [0, 0.1) is 0 Å². The summed E-state index contributed by atoms with van der Waals surface area (Å²) in [6, 6.07) is 0. The standard InChI is InChI=1S/C8H18O.K.H2O4S.H/c1-2-3-4-5-6-7-8-9;;1-5(2,3)4;/h9H,2-8H2,1H3;;(H2,1,2,3,4);. The van der Waals surface area contributed by atoms with Crippen molar-refractivity contribution in [2.45, 2.75) is 45.4 Å². The first-order valence-electron chi connectivity index (χ1n) is 4.72. The van der Waals surface area contributed by atoms with Gasteiger partial charge in [-0.3, -0.25) is 9.11 Å². The molecule has 0 unspecified atom stereocenters. The van der Waals surface area contributed by atoms with Gasteiger partial charge in [0.15, 0.2) is 0 Å². The number of hydrogen-bond acceptors (Lipinski definition) is 3. The summed E-state index contributed by atoms with van der Waals surface area (Å²) >= 11 is 0. The Balaban J connectivity index is -0.000000208. The fraction of sp³-hybridized carbons (Fsp3) is 1.00. The van der Waals surface area contributed by atoms with Crippen molar-refractivity contribution in [3.05, 3.63) is 0 Å². The Kier molecular flexibility index (Phi) is 22.4. The number of unbranched alkanes of at least 4 members (excludes halogenated alkanes) is 5. The van der Waals surface area contributed by atoms with Crippen LogP contribution < -0.4 is 0 Å². The van der Waals surface area contributed by atoms with Gasteiger partial charge < -0.3 is 5.11 Å². The van der Waals surface area contributed by atoms with Crippen LogP contribution in [0.15, 0.2) is 0 Å². The fourth-order valence-electron chi connectivity index (χ4n) is 0.892. The molecule has 0 atom stereocenters. The van der Waals surface area contributed by atoms with E-state index in [1.54, 1.807) is 0 Å². The third kappa shape index (κ3) is 50.3. The van der Waals surface area contributed by atoms with Crippen molar-refractivity contribution in [3.63, 3.8) is 0 Å². The Morgan fingerprint density at radius 1 is 0.933 bits per heavy atom. The zero-order valence-electron chi connectivity index (χ0n) is 8.52. The maximum absolute atomic E-state index is 8.74. The Morgan fingerprint density at radius 2 is 1.27 bits per heavy atom. The maximum atomic E-state index is 8.74. The summed E-state index contributed by atoms with van der Waals surface area (Å²) in [5.41, 5.74) is 0. The van der Waals surface area contributed by atoms with Crippen LogP contribution in [0.2, 0.25) is 0 Å². The van der Waals surface area contributed by atoms with Gasteiger partial charge in [0.25, 0.3) is 0 Å². The van der Waals surface area contributed by atoms with E-state index >= 15 is 0 Å². The van der Waals surface area contributed by atoms with Crippen molar-refractivity contribution < 1.29 is 22.6 Å². The second kappa shape index (κ2) is 15.5. The molecule has 0 aliphatic rings. The second-order valence-corrected chi connectivity index (χ2v) is 3.83. The second-order valence-electron chi connectivity index (χ2n) is 2.94. The molecular formula is C8H21KO5S. The van der Waals surface area contributed by atoms with Crippen molar-refractivity contribution in [2.24, 2.45) is 0 Å². The monoisotopic (exact) mass is 268 g/mol. The van der Waals surface area contributed by atoms with Gasteiger partial charge in [-0.2, -0.15) is 8.42 Å². The zero-order valence-corrected chi connectivity index (χ0v) is 9.33. The summed E-state index contributed by atoms with van der Waals surface area (Å²) in [4.78, 5) is 0. The van der Waals surface area contributed by atoms with Gasteiger partial charge in [0.1, 0.15) is 0 Å². The average Bonchev–Trinajstić information content (AvgIpc) is 2.01. The molecule has 15 heavy (non-hydrogen) atoms. The quantitative estimate of drug-likeness (QED) is 0.380. The van der Waals surface area contributed by atoms with Crippen molar-refractivity contribution in [3.8, 4) is 0 Å². The zero-order chi connectivity index (χ0) is 11.4. The minimum atomic E-state index is -4.67. The van der Waals surface area contributed by atoms with E-state index in [4.69, 9.17) is 22.6 Å². The molecule has 0 spiro atoms. The van der Waals surface area contributed by atoms with Gasteiger partial charge in [-0.1, -0.05) is 39.0 Å². The predicted molar refractivity (Wildman–Crippen MR) is 61.8 cm³/mol. The van der Waals surface area contributed by atoms with Crippen LogP contribution in [0.5, 0.6) is 0 Å². The molecule has 0 saturated carbocycles. The van der Waals surface area contributed by atoms with Crippen molar-refractivity contribution in [1.29, 1.82) is 0 Å². The molecule has 0 amide bonds. The summed E-state index contributed by atoms with van der Waals surface area (Å²) in [6.07, 6.45) is 7.50. The van der Waals surface area contributed by atoms with Gasteiger partial charge in [0.05, 0.1) is 0 Å². The first kappa shape index (κ1) is 21.7. The fourth-order valence-corrected chi connectivity index (χ4v) is 0.892. The van der Waals surface area contributed by atoms with Crippen LogP contribution in [0.25, 0.3) is 0 Å². The molecule has 7 heteroatoms. The van der Waals surface area contributed by atoms with E-state index in [0.717, 1.165) is 6.42 Å². The number of aliphatic hydroxyl groups is 1. The summed E-state index contributed by atoms with van der Waals surface area (Å²) in [5.74, 6) is 0. The van der Waals surface area contributed by atoms with E-state index in [0.29, 0.717) is 6.61 Å². The molecule has 5 nitrogen and oxygen atoms in total. The Labute approximate surface area is 135 Å². The van der Waals surface area contributed by atoms with E-state index in [1.807, 2.05) is 0 Å². The molecule has 0 aliphatic carbocycles. The third-order valence-electron chi connectivity index (χ3n) is 1.51. The SMILES string of the molecule is CCCCCCCCO.O=S(=O)(O)O.[KH]. The van der Waals surface area contributed by atoms with Crippen molar-refractivity contribution in [2.75, 3.05) is 6.61 Å². The molecule has 0 rings (SSSR count). The van der Waals surface area contributed by atoms with E-state index in [-0.39, 0.29) is 51.4 Å². The van der Waals surface area contributed by atoms with Gasteiger partial charge in [0, 0.05) is 6.61 Å². The molecule has 0 aromatic heterocycles. The van der Waals surface area contributed by atoms with Gasteiger partial charge in [-0.15, -0.1) is 0 Å². The number of hydrogen-bond donors (Lipinski definition) is 3. The summed E-state index contributed by atoms with van der Waals surface area (Å²) < 4.78 is 31.6. The molecule has 0 fully saturated rings. The third-order valence-corrected chi connectivity index (χ3v) is 1.51. The molecule has 0 heterocycles. The van der Waals surface area contributed by atoms with Gasteiger partial charge >= 0.3 is 61.8 Å². The van der Waals surface area contributed by atoms with Crippen LogP contribution in [0.3, 0.4) is 0 Å². The van der Waals surface area contributed by atoms with Gasteiger partial charge in [0.2, 0.25) is 0 Å². The van der Waals surface area contributed by atoms with Crippen LogP contribution >= 0.6 is 0 Å². The van der Waals surface area contributed by atoms with Crippen LogP contribution in [-0.4, -0.2) is 80.6 Å². The van der Waals surface area contributed by atoms with E-state index in [9.17, 15) is 0 Å². The normalized spacial score (nSPS) is 9.87. The van der Waals surface area contributed by atoms with Gasteiger partial charge in [-0.25, -0.2) is 0 Å². The summed E-state index contributed by atoms with van der Waals surface area (Å²) in [5, 5.41) is 8.42. The Hall–Kier alpha value is 1.47. The van der Waals surface area contributed by atoms with Crippen molar-refractivity contribution >= 4 is 61.8 Å². The predicted octanol–water partition coefficient (Wildman–Crippen LogP) is 1.04.